The van der Waals surface area contributed by atoms with Gasteiger partial charge in [-0.05, 0) is 60.0 Å². The number of hydrogen-bond acceptors (Lipinski definition) is 5. The maximum absolute atomic E-state index is 14.1. The van der Waals surface area contributed by atoms with E-state index in [-0.39, 0.29) is 23.6 Å². The van der Waals surface area contributed by atoms with Gasteiger partial charge in [0.25, 0.3) is 5.91 Å². The highest BCUT2D eigenvalue weighted by molar-refractivity contribution is 9.10. The monoisotopic (exact) mass is 489 g/mol. The molecule has 164 valence electrons. The predicted molar refractivity (Wildman–Crippen MR) is 119 cm³/mol. The van der Waals surface area contributed by atoms with Gasteiger partial charge in [0.15, 0.2) is 0 Å². The number of carbonyl (C=O) groups is 1. The highest BCUT2D eigenvalue weighted by atomic mass is 79.9. The van der Waals surface area contributed by atoms with Crippen LogP contribution in [0.25, 0.3) is 5.69 Å². The Morgan fingerprint density at radius 3 is 2.48 bits per heavy atom. The van der Waals surface area contributed by atoms with Crippen molar-refractivity contribution in [2.75, 3.05) is 6.54 Å². The summed E-state index contributed by atoms with van der Waals surface area (Å²) < 4.78 is 21.1. The van der Waals surface area contributed by atoms with E-state index < -0.39 is 5.82 Å². The molecule has 1 aromatic carbocycles. The summed E-state index contributed by atoms with van der Waals surface area (Å²) in [6.07, 6.45) is 5.76. The molecular weight excluding hydrogens is 465 g/mol. The number of halogens is 2. The molecule has 2 aromatic heterocycles. The largest absolute Gasteiger partial charge is 0.472 e. The maximum atomic E-state index is 14.1. The first-order valence-electron chi connectivity index (χ1n) is 10.2. The average molecular weight is 490 g/mol. The standard InChI is InChI=1S/C22H25BrFN5O2/c1-4-18(20(5-2)31-21-10-7-15(23)14-25-21)28(6-3)22(30)17-13-16(24)8-9-19(17)29-26-11-12-27-29/h7-14,18,20H,4-6H2,1-3H3. The lowest BCUT2D eigenvalue weighted by Crippen LogP contribution is -2.49. The average Bonchev–Trinajstić information content (AvgIpc) is 3.31. The first kappa shape index (κ1) is 22.9. The number of hydrogen-bond donors (Lipinski definition) is 0. The minimum absolute atomic E-state index is 0.202. The number of ether oxygens (including phenoxy) is 1. The van der Waals surface area contributed by atoms with E-state index in [1.54, 1.807) is 17.2 Å². The summed E-state index contributed by atoms with van der Waals surface area (Å²) in [7, 11) is 0. The fraction of sp³-hybridized carbons (Fsp3) is 0.364. The molecule has 0 N–H and O–H groups in total. The number of nitrogens with zero attached hydrogens (tertiary/aromatic N) is 5. The lowest BCUT2D eigenvalue weighted by molar-refractivity contribution is 0.0415. The minimum atomic E-state index is -0.495. The van der Waals surface area contributed by atoms with Crippen molar-refractivity contribution in [3.8, 4) is 11.6 Å². The summed E-state index contributed by atoms with van der Waals surface area (Å²) in [5.74, 6) is -0.304. The van der Waals surface area contributed by atoms with E-state index in [1.165, 1.54) is 35.4 Å². The fourth-order valence-corrected chi connectivity index (χ4v) is 3.82. The van der Waals surface area contributed by atoms with Crippen LogP contribution >= 0.6 is 15.9 Å². The van der Waals surface area contributed by atoms with Crippen molar-refractivity contribution in [1.82, 2.24) is 24.9 Å². The van der Waals surface area contributed by atoms with E-state index in [2.05, 4.69) is 31.1 Å². The Morgan fingerprint density at radius 1 is 1.16 bits per heavy atom. The van der Waals surface area contributed by atoms with Crippen LogP contribution in [0.1, 0.15) is 44.0 Å². The second-order valence-corrected chi connectivity index (χ2v) is 7.84. The molecule has 0 aliphatic heterocycles. The molecule has 2 unspecified atom stereocenters. The SMILES string of the molecule is CCC(Oc1ccc(Br)cn1)C(CC)N(CC)C(=O)c1cc(F)ccc1-n1nccn1. The summed E-state index contributed by atoms with van der Waals surface area (Å²) >= 11 is 3.37. The van der Waals surface area contributed by atoms with Crippen LogP contribution in [0.15, 0.2) is 53.4 Å². The van der Waals surface area contributed by atoms with Crippen molar-refractivity contribution in [2.45, 2.75) is 45.8 Å². The Bertz CT molecular complexity index is 998. The number of rotatable bonds is 9. The molecule has 0 spiro atoms. The quantitative estimate of drug-likeness (QED) is 0.436. The van der Waals surface area contributed by atoms with Gasteiger partial charge in [-0.2, -0.15) is 15.0 Å². The third kappa shape index (κ3) is 5.28. The van der Waals surface area contributed by atoms with E-state index in [4.69, 9.17) is 4.74 Å². The van der Waals surface area contributed by atoms with Crippen LogP contribution in [0.2, 0.25) is 0 Å². The van der Waals surface area contributed by atoms with Crippen LogP contribution in [0, 0.1) is 5.82 Å². The Hall–Kier alpha value is -2.81. The normalized spacial score (nSPS) is 12.9. The highest BCUT2D eigenvalue weighted by Gasteiger charge is 2.31. The molecule has 3 rings (SSSR count). The molecule has 2 atom stereocenters. The maximum Gasteiger partial charge on any atom is 0.256 e. The van der Waals surface area contributed by atoms with Gasteiger partial charge in [-0.15, -0.1) is 0 Å². The van der Waals surface area contributed by atoms with Crippen molar-refractivity contribution >= 4 is 21.8 Å². The first-order valence-corrected chi connectivity index (χ1v) is 11.0. The number of aromatic nitrogens is 4. The zero-order valence-electron chi connectivity index (χ0n) is 17.7. The Kier molecular flexibility index (Phi) is 7.73. The Labute approximate surface area is 189 Å². The van der Waals surface area contributed by atoms with Crippen molar-refractivity contribution in [2.24, 2.45) is 0 Å². The molecule has 0 fully saturated rings. The molecule has 3 aromatic rings. The Morgan fingerprint density at radius 2 is 1.90 bits per heavy atom. The van der Waals surface area contributed by atoms with Gasteiger partial charge in [0.05, 0.1) is 29.7 Å². The van der Waals surface area contributed by atoms with Crippen LogP contribution in [0.3, 0.4) is 0 Å². The summed E-state index contributed by atoms with van der Waals surface area (Å²) in [5.41, 5.74) is 0.626. The minimum Gasteiger partial charge on any atom is -0.472 e. The number of carbonyl (C=O) groups excluding carboxylic acids is 1. The van der Waals surface area contributed by atoms with Crippen molar-refractivity contribution in [1.29, 1.82) is 0 Å². The molecule has 7 nitrogen and oxygen atoms in total. The van der Waals surface area contributed by atoms with Gasteiger partial charge < -0.3 is 9.64 Å². The topological polar surface area (TPSA) is 73.1 Å². The van der Waals surface area contributed by atoms with Crippen LogP contribution in [0.5, 0.6) is 5.88 Å². The molecular formula is C22H25BrFN5O2. The molecule has 0 bridgehead atoms. The molecule has 0 aliphatic rings. The molecule has 0 saturated heterocycles. The number of likely N-dealkylation sites (N-methyl/N-ethyl adjacent to an activating group) is 1. The highest BCUT2D eigenvalue weighted by Crippen LogP contribution is 2.24. The lowest BCUT2D eigenvalue weighted by atomic mass is 10.0. The van der Waals surface area contributed by atoms with E-state index in [9.17, 15) is 9.18 Å². The number of pyridine rings is 1. The van der Waals surface area contributed by atoms with Gasteiger partial charge >= 0.3 is 0 Å². The summed E-state index contributed by atoms with van der Waals surface area (Å²) in [6.45, 7) is 6.35. The molecule has 0 radical (unpaired) electrons. The van der Waals surface area contributed by atoms with Gasteiger partial charge in [0.2, 0.25) is 5.88 Å². The second-order valence-electron chi connectivity index (χ2n) is 6.93. The van der Waals surface area contributed by atoms with Crippen LogP contribution in [-0.2, 0) is 0 Å². The van der Waals surface area contributed by atoms with E-state index in [1.807, 2.05) is 26.8 Å². The third-order valence-corrected chi connectivity index (χ3v) is 5.52. The molecule has 0 aliphatic carbocycles. The van der Waals surface area contributed by atoms with E-state index >= 15 is 0 Å². The number of amides is 1. The molecule has 9 heteroatoms. The summed E-state index contributed by atoms with van der Waals surface area (Å²) in [5, 5.41) is 8.20. The van der Waals surface area contributed by atoms with Crippen molar-refractivity contribution in [3.05, 3.63) is 64.8 Å². The summed E-state index contributed by atoms with van der Waals surface area (Å²) in [6, 6.07) is 7.45. The number of benzene rings is 1. The van der Waals surface area contributed by atoms with Crippen LogP contribution in [-0.4, -0.2) is 49.5 Å². The van der Waals surface area contributed by atoms with Crippen LogP contribution in [0.4, 0.5) is 4.39 Å². The van der Waals surface area contributed by atoms with Gasteiger partial charge in [0.1, 0.15) is 11.9 Å². The molecule has 1 amide bonds. The lowest BCUT2D eigenvalue weighted by Gasteiger charge is -2.35. The van der Waals surface area contributed by atoms with Crippen molar-refractivity contribution < 1.29 is 13.9 Å². The smallest absolute Gasteiger partial charge is 0.256 e. The predicted octanol–water partition coefficient (Wildman–Crippen LogP) is 4.66. The first-order chi connectivity index (χ1) is 15.0. The van der Waals surface area contributed by atoms with Gasteiger partial charge in [-0.1, -0.05) is 13.8 Å². The molecule has 0 saturated carbocycles. The van der Waals surface area contributed by atoms with Gasteiger partial charge in [-0.3, -0.25) is 4.79 Å². The molecule has 2 heterocycles. The fourth-order valence-electron chi connectivity index (χ4n) is 3.58. The van der Waals surface area contributed by atoms with E-state index in [0.717, 1.165) is 4.47 Å². The summed E-state index contributed by atoms with van der Waals surface area (Å²) in [4.78, 5) is 20.9. The van der Waals surface area contributed by atoms with Crippen molar-refractivity contribution in [3.63, 3.8) is 0 Å². The third-order valence-electron chi connectivity index (χ3n) is 5.05. The van der Waals surface area contributed by atoms with Crippen LogP contribution < -0.4 is 4.74 Å². The van der Waals surface area contributed by atoms with E-state index in [0.29, 0.717) is 31.0 Å². The second kappa shape index (κ2) is 10.5. The van der Waals surface area contributed by atoms with Gasteiger partial charge in [0, 0.05) is 23.3 Å². The zero-order valence-corrected chi connectivity index (χ0v) is 19.3. The van der Waals surface area contributed by atoms with Gasteiger partial charge in [-0.25, -0.2) is 9.37 Å². The molecule has 31 heavy (non-hydrogen) atoms. The zero-order chi connectivity index (χ0) is 22.4. The Balaban J connectivity index is 1.92.